The molecule has 2 heterocycles. The molecule has 1 saturated carbocycles. The van der Waals surface area contributed by atoms with Crippen LogP contribution in [-0.4, -0.2) is 69.9 Å². The number of benzene rings is 2. The van der Waals surface area contributed by atoms with E-state index < -0.39 is 41.3 Å². The molecule has 222 valence electrons. The van der Waals surface area contributed by atoms with Gasteiger partial charge >= 0.3 is 12.1 Å². The topological polar surface area (TPSA) is 127 Å². The predicted molar refractivity (Wildman–Crippen MR) is 156 cm³/mol. The number of methoxy groups -OCH3 is 1. The van der Waals surface area contributed by atoms with Crippen molar-refractivity contribution in [3.8, 4) is 22.8 Å². The summed E-state index contributed by atoms with van der Waals surface area (Å²) in [4.78, 5) is 45.1. The molecule has 10 nitrogen and oxygen atoms in total. The van der Waals surface area contributed by atoms with E-state index in [1.54, 1.807) is 27.9 Å². The number of likely N-dealkylation sites (tertiary alicyclic amines) is 1. The minimum Gasteiger partial charge on any atom is -0.497 e. The van der Waals surface area contributed by atoms with Crippen LogP contribution in [0.15, 0.2) is 54.6 Å². The number of carbonyl (C=O) groups excluding carboxylic acids is 2. The van der Waals surface area contributed by atoms with E-state index in [1.165, 1.54) is 4.90 Å². The molecule has 1 aromatic heterocycles. The van der Waals surface area contributed by atoms with Gasteiger partial charge in [-0.3, -0.25) is 9.69 Å². The van der Waals surface area contributed by atoms with E-state index >= 15 is 0 Å². The normalized spacial score (nSPS) is 23.4. The molecule has 1 saturated heterocycles. The molecule has 2 amide bonds. The number of aromatic nitrogens is 1. The number of ether oxygens (including phenoxy) is 3. The summed E-state index contributed by atoms with van der Waals surface area (Å²) in [6.07, 6.45) is -0.0688. The van der Waals surface area contributed by atoms with Crippen molar-refractivity contribution in [1.29, 1.82) is 0 Å². The number of hydrogen-bond donors (Lipinski definition) is 2. The fourth-order valence-corrected chi connectivity index (χ4v) is 5.58. The summed E-state index contributed by atoms with van der Waals surface area (Å²) in [5.74, 6) is -0.548. The zero-order chi connectivity index (χ0) is 30.2. The fourth-order valence-electron chi connectivity index (χ4n) is 5.58. The summed E-state index contributed by atoms with van der Waals surface area (Å²) in [5.41, 5.74) is 0.179. The van der Waals surface area contributed by atoms with E-state index in [0.29, 0.717) is 35.6 Å². The molecular formula is C32H37N3O7. The molecule has 4 atom stereocenters. The second-order valence-corrected chi connectivity index (χ2v) is 12.0. The van der Waals surface area contributed by atoms with E-state index in [2.05, 4.69) is 5.32 Å². The van der Waals surface area contributed by atoms with Gasteiger partial charge in [-0.1, -0.05) is 43.7 Å². The van der Waals surface area contributed by atoms with Crippen LogP contribution in [0.1, 0.15) is 47.0 Å². The van der Waals surface area contributed by atoms with Gasteiger partial charge in [-0.05, 0) is 45.2 Å². The van der Waals surface area contributed by atoms with Crippen LogP contribution in [0.5, 0.6) is 11.5 Å². The van der Waals surface area contributed by atoms with Crippen LogP contribution in [0.3, 0.4) is 0 Å². The molecule has 4 unspecified atom stereocenters. The van der Waals surface area contributed by atoms with E-state index in [9.17, 15) is 19.5 Å². The molecule has 2 aromatic carbocycles. The first kappa shape index (κ1) is 29.2. The first-order chi connectivity index (χ1) is 19.9. The molecule has 42 heavy (non-hydrogen) atoms. The number of nitrogens with zero attached hydrogens (tertiary/aromatic N) is 2. The molecule has 2 aliphatic rings. The molecule has 0 radical (unpaired) electrons. The highest BCUT2D eigenvalue weighted by Crippen LogP contribution is 2.46. The Balaban J connectivity index is 1.46. The smallest absolute Gasteiger partial charge is 0.411 e. The Morgan fingerprint density at radius 1 is 1.12 bits per heavy atom. The Morgan fingerprint density at radius 2 is 1.86 bits per heavy atom. The van der Waals surface area contributed by atoms with Gasteiger partial charge in [0, 0.05) is 29.5 Å². The first-order valence-electron chi connectivity index (χ1n) is 14.2. The quantitative estimate of drug-likeness (QED) is 0.383. The lowest BCUT2D eigenvalue weighted by molar-refractivity contribution is -0.144. The van der Waals surface area contributed by atoms with Crippen molar-refractivity contribution in [1.82, 2.24) is 15.2 Å². The second-order valence-electron chi connectivity index (χ2n) is 12.0. The third kappa shape index (κ3) is 5.84. The van der Waals surface area contributed by atoms with Gasteiger partial charge in [-0.2, -0.15) is 0 Å². The summed E-state index contributed by atoms with van der Waals surface area (Å²) in [6, 6.07) is 16.1. The Hall–Kier alpha value is -4.34. The van der Waals surface area contributed by atoms with Gasteiger partial charge in [0.25, 0.3) is 0 Å². The average molecular weight is 576 g/mol. The van der Waals surface area contributed by atoms with Crippen LogP contribution >= 0.6 is 0 Å². The number of amides is 2. The lowest BCUT2D eigenvalue weighted by Gasteiger charge is -2.28. The average Bonchev–Trinajstić information content (AvgIpc) is 3.51. The maximum absolute atomic E-state index is 13.6. The van der Waals surface area contributed by atoms with E-state index in [-0.39, 0.29) is 18.9 Å². The number of nitrogens with one attached hydrogen (secondary N) is 1. The Labute approximate surface area is 245 Å². The molecule has 10 heteroatoms. The molecule has 0 spiro atoms. The van der Waals surface area contributed by atoms with Crippen molar-refractivity contribution >= 4 is 28.9 Å². The molecule has 3 aromatic rings. The predicted octanol–water partition coefficient (Wildman–Crippen LogP) is 5.04. The molecule has 1 aliphatic heterocycles. The minimum atomic E-state index is -1.31. The Morgan fingerprint density at radius 3 is 2.48 bits per heavy atom. The highest BCUT2D eigenvalue weighted by molar-refractivity contribution is 5.94. The summed E-state index contributed by atoms with van der Waals surface area (Å²) < 4.78 is 17.6. The zero-order valence-electron chi connectivity index (χ0n) is 24.5. The van der Waals surface area contributed by atoms with Crippen molar-refractivity contribution in [2.45, 2.75) is 70.2 Å². The Bertz CT molecular complexity index is 1500. The van der Waals surface area contributed by atoms with Gasteiger partial charge in [-0.25, -0.2) is 14.6 Å². The summed E-state index contributed by atoms with van der Waals surface area (Å²) in [6.45, 7) is 7.24. The van der Waals surface area contributed by atoms with Crippen LogP contribution in [0.2, 0.25) is 0 Å². The standard InChI is InChI=1S/C32H37N3O7/c1-6-20-17-32(20,29(37)38)34-28(36)26-15-22(18-35(26)30(39)42-31(2,3)4)41-27-16-24(19-10-8-7-9-11-19)33-25-14-21(40-5)12-13-23(25)27/h7-14,16,20,22,26H,6,15,17-18H2,1-5H3,(H,34,36)(H,37,38). The maximum Gasteiger partial charge on any atom is 0.411 e. The molecule has 1 aliphatic carbocycles. The minimum absolute atomic E-state index is 0.0882. The SMILES string of the molecule is CCC1CC1(NC(=O)C1CC(Oc2cc(-c3ccccc3)nc3cc(OC)ccc23)CN1C(=O)OC(C)(C)C)C(=O)O. The van der Waals surface area contributed by atoms with Crippen LogP contribution in [0, 0.1) is 5.92 Å². The van der Waals surface area contributed by atoms with Crippen molar-refractivity contribution in [2.75, 3.05) is 13.7 Å². The molecule has 0 bridgehead atoms. The molecular weight excluding hydrogens is 538 g/mol. The number of carboxylic acids is 1. The number of fused-ring (bicyclic) bond motifs is 1. The van der Waals surface area contributed by atoms with Crippen LogP contribution < -0.4 is 14.8 Å². The van der Waals surface area contributed by atoms with Crippen molar-refractivity contribution in [3.63, 3.8) is 0 Å². The molecule has 2 fully saturated rings. The number of aliphatic carboxylic acids is 1. The number of pyridine rings is 1. The van der Waals surface area contributed by atoms with Gasteiger partial charge in [0.2, 0.25) is 5.91 Å². The van der Waals surface area contributed by atoms with Crippen LogP contribution in [0.25, 0.3) is 22.2 Å². The summed E-state index contributed by atoms with van der Waals surface area (Å²) >= 11 is 0. The van der Waals surface area contributed by atoms with E-state index in [1.807, 2.05) is 61.5 Å². The van der Waals surface area contributed by atoms with Gasteiger partial charge in [0.1, 0.15) is 34.8 Å². The van der Waals surface area contributed by atoms with E-state index in [4.69, 9.17) is 19.2 Å². The lowest BCUT2D eigenvalue weighted by atomic mass is 10.1. The largest absolute Gasteiger partial charge is 0.497 e. The second kappa shape index (κ2) is 11.2. The zero-order valence-corrected chi connectivity index (χ0v) is 24.5. The van der Waals surface area contributed by atoms with Crippen molar-refractivity contribution in [2.24, 2.45) is 5.92 Å². The third-order valence-electron chi connectivity index (χ3n) is 7.86. The molecule has 2 N–H and O–H groups in total. The van der Waals surface area contributed by atoms with Crippen LogP contribution in [0.4, 0.5) is 4.79 Å². The van der Waals surface area contributed by atoms with Crippen molar-refractivity contribution in [3.05, 3.63) is 54.6 Å². The van der Waals surface area contributed by atoms with Gasteiger partial charge in [0.05, 0.1) is 24.9 Å². The molecule has 5 rings (SSSR count). The first-order valence-corrected chi connectivity index (χ1v) is 14.2. The highest BCUT2D eigenvalue weighted by Gasteiger charge is 2.61. The maximum atomic E-state index is 13.6. The number of carboxylic acid groups (broad SMARTS) is 1. The Kier molecular flexibility index (Phi) is 7.74. The van der Waals surface area contributed by atoms with Gasteiger partial charge in [-0.15, -0.1) is 0 Å². The third-order valence-corrected chi connectivity index (χ3v) is 7.86. The van der Waals surface area contributed by atoms with E-state index in [0.717, 1.165) is 10.9 Å². The van der Waals surface area contributed by atoms with Gasteiger partial charge in [0.15, 0.2) is 0 Å². The number of rotatable bonds is 8. The van der Waals surface area contributed by atoms with Crippen LogP contribution in [-0.2, 0) is 14.3 Å². The monoisotopic (exact) mass is 575 g/mol. The highest BCUT2D eigenvalue weighted by atomic mass is 16.6. The van der Waals surface area contributed by atoms with Gasteiger partial charge < -0.3 is 24.6 Å². The number of hydrogen-bond acceptors (Lipinski definition) is 7. The lowest BCUT2D eigenvalue weighted by Crippen LogP contribution is -2.53. The summed E-state index contributed by atoms with van der Waals surface area (Å²) in [7, 11) is 1.59. The number of carbonyl (C=O) groups is 3. The van der Waals surface area contributed by atoms with Crippen molar-refractivity contribution < 1.29 is 33.7 Å². The fraction of sp³-hybridized carbons (Fsp3) is 0.438. The summed E-state index contributed by atoms with van der Waals surface area (Å²) in [5, 5.41) is 13.4.